The Labute approximate surface area is 145 Å². The molecule has 0 fully saturated rings. The van der Waals surface area contributed by atoms with Crippen molar-refractivity contribution in [2.24, 2.45) is 0 Å². The van der Waals surface area contributed by atoms with Gasteiger partial charge in [-0.05, 0) is 36.4 Å². The van der Waals surface area contributed by atoms with E-state index in [1.807, 2.05) is 0 Å². The first-order valence-electron chi connectivity index (χ1n) is 7.61. The van der Waals surface area contributed by atoms with E-state index in [4.69, 9.17) is 4.74 Å². The molecule has 7 nitrogen and oxygen atoms in total. The first-order valence-corrected chi connectivity index (χ1v) is 7.61. The van der Waals surface area contributed by atoms with Gasteiger partial charge in [0.1, 0.15) is 5.75 Å². The molecule has 2 rings (SSSR count). The summed E-state index contributed by atoms with van der Waals surface area (Å²) in [6.45, 7) is 1.18. The summed E-state index contributed by atoms with van der Waals surface area (Å²) in [4.78, 5) is 34.6. The van der Waals surface area contributed by atoms with Crippen LogP contribution in [0.25, 0.3) is 0 Å². The standard InChI is InChI=1S/C18H19N3O4/c1-12(22)20-15-5-3-4-6-16(15)25-11-17(23)21-14-9-7-13(8-10-14)18(24)19-2/h3-10H,11H2,1-2H3,(H,19,24)(H,20,22)(H,21,23). The zero-order valence-electron chi connectivity index (χ0n) is 14.0. The Morgan fingerprint density at radius 1 is 0.960 bits per heavy atom. The van der Waals surface area contributed by atoms with Crippen molar-refractivity contribution in [2.45, 2.75) is 6.92 Å². The van der Waals surface area contributed by atoms with E-state index >= 15 is 0 Å². The van der Waals surface area contributed by atoms with E-state index in [0.29, 0.717) is 22.7 Å². The summed E-state index contributed by atoms with van der Waals surface area (Å²) in [5, 5.41) is 7.83. The van der Waals surface area contributed by atoms with Crippen LogP contribution in [0.4, 0.5) is 11.4 Å². The summed E-state index contributed by atoms with van der Waals surface area (Å²) in [6, 6.07) is 13.3. The maximum Gasteiger partial charge on any atom is 0.262 e. The smallest absolute Gasteiger partial charge is 0.262 e. The van der Waals surface area contributed by atoms with Gasteiger partial charge in [0.2, 0.25) is 5.91 Å². The fraction of sp³-hybridized carbons (Fsp3) is 0.167. The lowest BCUT2D eigenvalue weighted by Gasteiger charge is -2.11. The normalized spacial score (nSPS) is 9.84. The summed E-state index contributed by atoms with van der Waals surface area (Å²) in [7, 11) is 1.55. The predicted octanol–water partition coefficient (Wildman–Crippen LogP) is 2.02. The van der Waals surface area contributed by atoms with Crippen molar-refractivity contribution >= 4 is 29.1 Å². The molecule has 0 unspecified atom stereocenters. The highest BCUT2D eigenvalue weighted by molar-refractivity contribution is 5.96. The number of amides is 3. The van der Waals surface area contributed by atoms with Gasteiger partial charge in [-0.15, -0.1) is 0 Å². The molecule has 0 aromatic heterocycles. The molecule has 3 N–H and O–H groups in total. The molecule has 130 valence electrons. The third-order valence-electron chi connectivity index (χ3n) is 3.21. The highest BCUT2D eigenvalue weighted by atomic mass is 16.5. The minimum Gasteiger partial charge on any atom is -0.482 e. The average Bonchev–Trinajstić information content (AvgIpc) is 2.60. The molecule has 3 amide bonds. The zero-order valence-corrected chi connectivity index (χ0v) is 14.0. The quantitative estimate of drug-likeness (QED) is 0.749. The van der Waals surface area contributed by atoms with Crippen LogP contribution in [0.2, 0.25) is 0 Å². The molecule has 2 aromatic rings. The molecule has 0 heterocycles. The summed E-state index contributed by atoms with van der Waals surface area (Å²) in [5.41, 5.74) is 1.55. The summed E-state index contributed by atoms with van der Waals surface area (Å²) in [5.74, 6) is -0.374. The van der Waals surface area contributed by atoms with E-state index in [1.165, 1.54) is 6.92 Å². The number of ether oxygens (including phenoxy) is 1. The number of hydrogen-bond acceptors (Lipinski definition) is 4. The Balaban J connectivity index is 1.93. The molecule has 0 atom stereocenters. The lowest BCUT2D eigenvalue weighted by molar-refractivity contribution is -0.118. The van der Waals surface area contributed by atoms with Crippen molar-refractivity contribution in [3.05, 3.63) is 54.1 Å². The molecule has 0 bridgehead atoms. The highest BCUT2D eigenvalue weighted by Crippen LogP contribution is 2.23. The minimum absolute atomic E-state index is 0.198. The molecule has 0 saturated carbocycles. The van der Waals surface area contributed by atoms with Gasteiger partial charge in [-0.1, -0.05) is 12.1 Å². The van der Waals surface area contributed by atoms with Gasteiger partial charge in [-0.3, -0.25) is 14.4 Å². The molecule has 25 heavy (non-hydrogen) atoms. The zero-order chi connectivity index (χ0) is 18.2. The van der Waals surface area contributed by atoms with Gasteiger partial charge >= 0.3 is 0 Å². The van der Waals surface area contributed by atoms with E-state index in [2.05, 4.69) is 16.0 Å². The Kier molecular flexibility index (Phi) is 6.11. The topological polar surface area (TPSA) is 96.5 Å². The van der Waals surface area contributed by atoms with Gasteiger partial charge in [-0.25, -0.2) is 0 Å². The van der Waals surface area contributed by atoms with Crippen LogP contribution in [0.15, 0.2) is 48.5 Å². The largest absolute Gasteiger partial charge is 0.482 e. The number of para-hydroxylation sites is 2. The van der Waals surface area contributed by atoms with Gasteiger partial charge in [-0.2, -0.15) is 0 Å². The van der Waals surface area contributed by atoms with Crippen LogP contribution < -0.4 is 20.7 Å². The fourth-order valence-electron chi connectivity index (χ4n) is 2.08. The van der Waals surface area contributed by atoms with E-state index in [1.54, 1.807) is 55.6 Å². The van der Waals surface area contributed by atoms with E-state index in [9.17, 15) is 14.4 Å². The number of anilines is 2. The second kappa shape index (κ2) is 8.49. The summed E-state index contributed by atoms with van der Waals surface area (Å²) >= 11 is 0. The number of carbonyl (C=O) groups is 3. The van der Waals surface area contributed by atoms with Crippen LogP contribution in [0, 0.1) is 0 Å². The van der Waals surface area contributed by atoms with Crippen LogP contribution in [0.3, 0.4) is 0 Å². The Hall–Kier alpha value is -3.35. The molecule has 2 aromatic carbocycles. The van der Waals surface area contributed by atoms with Crippen molar-refractivity contribution in [3.8, 4) is 5.75 Å². The Morgan fingerprint density at radius 3 is 2.28 bits per heavy atom. The number of carbonyl (C=O) groups excluding carboxylic acids is 3. The van der Waals surface area contributed by atoms with Crippen molar-refractivity contribution in [3.63, 3.8) is 0 Å². The lowest BCUT2D eigenvalue weighted by atomic mass is 10.2. The second-order valence-electron chi connectivity index (χ2n) is 5.17. The first-order chi connectivity index (χ1) is 12.0. The van der Waals surface area contributed by atoms with Gasteiger partial charge in [0, 0.05) is 25.2 Å². The van der Waals surface area contributed by atoms with E-state index in [-0.39, 0.29) is 24.3 Å². The van der Waals surface area contributed by atoms with Crippen LogP contribution in [0.5, 0.6) is 5.75 Å². The number of benzene rings is 2. The number of nitrogens with one attached hydrogen (secondary N) is 3. The van der Waals surface area contributed by atoms with Gasteiger partial charge < -0.3 is 20.7 Å². The van der Waals surface area contributed by atoms with E-state index < -0.39 is 0 Å². The molecule has 0 aliphatic carbocycles. The van der Waals surface area contributed by atoms with Gasteiger partial charge in [0.05, 0.1) is 5.69 Å². The average molecular weight is 341 g/mol. The van der Waals surface area contributed by atoms with Crippen molar-refractivity contribution < 1.29 is 19.1 Å². The molecular formula is C18H19N3O4. The SMILES string of the molecule is CNC(=O)c1ccc(NC(=O)COc2ccccc2NC(C)=O)cc1. The van der Waals surface area contributed by atoms with Crippen molar-refractivity contribution in [1.82, 2.24) is 5.32 Å². The minimum atomic E-state index is -0.356. The Bertz CT molecular complexity index is 772. The molecule has 0 spiro atoms. The molecular weight excluding hydrogens is 322 g/mol. The third kappa shape index (κ3) is 5.35. The monoisotopic (exact) mass is 341 g/mol. The maximum absolute atomic E-state index is 12.0. The highest BCUT2D eigenvalue weighted by Gasteiger charge is 2.09. The number of rotatable bonds is 6. The maximum atomic E-state index is 12.0. The molecule has 7 heteroatoms. The molecule has 0 radical (unpaired) electrons. The predicted molar refractivity (Wildman–Crippen MR) is 94.7 cm³/mol. The van der Waals surface area contributed by atoms with Crippen LogP contribution in [0.1, 0.15) is 17.3 Å². The van der Waals surface area contributed by atoms with Gasteiger partial charge in [0.25, 0.3) is 11.8 Å². The van der Waals surface area contributed by atoms with E-state index in [0.717, 1.165) is 0 Å². The van der Waals surface area contributed by atoms with Crippen molar-refractivity contribution in [1.29, 1.82) is 0 Å². The fourth-order valence-corrected chi connectivity index (χ4v) is 2.08. The molecule has 0 aliphatic rings. The van der Waals surface area contributed by atoms with Gasteiger partial charge in [0.15, 0.2) is 6.61 Å². The van der Waals surface area contributed by atoms with Crippen LogP contribution in [-0.4, -0.2) is 31.4 Å². The number of hydrogen-bond donors (Lipinski definition) is 3. The lowest BCUT2D eigenvalue weighted by Crippen LogP contribution is -2.21. The molecule has 0 aliphatic heterocycles. The molecule has 0 saturated heterocycles. The Morgan fingerprint density at radius 2 is 1.64 bits per heavy atom. The van der Waals surface area contributed by atoms with Crippen LogP contribution in [-0.2, 0) is 9.59 Å². The summed E-state index contributed by atoms with van der Waals surface area (Å²) in [6.07, 6.45) is 0. The van der Waals surface area contributed by atoms with Crippen molar-refractivity contribution in [2.75, 3.05) is 24.3 Å². The summed E-state index contributed by atoms with van der Waals surface area (Å²) < 4.78 is 5.46. The van der Waals surface area contributed by atoms with Crippen LogP contribution >= 0.6 is 0 Å². The third-order valence-corrected chi connectivity index (χ3v) is 3.21. The second-order valence-corrected chi connectivity index (χ2v) is 5.17. The first kappa shape index (κ1) is 18.0.